The predicted octanol–water partition coefficient (Wildman–Crippen LogP) is 11.1. The number of methoxy groups -OCH3 is 4. The molecular formula is C67H77Cl2F2N5O15. The average molecular weight is 1300 g/mol. The van der Waals surface area contributed by atoms with Crippen molar-refractivity contribution in [1.29, 1.82) is 0 Å². The van der Waals surface area contributed by atoms with Gasteiger partial charge in [0.1, 0.15) is 64.5 Å². The number of benzene rings is 4. The highest BCUT2D eigenvalue weighted by molar-refractivity contribution is 6.31. The molecule has 91 heavy (non-hydrogen) atoms. The van der Waals surface area contributed by atoms with E-state index in [0.29, 0.717) is 82.0 Å². The van der Waals surface area contributed by atoms with E-state index in [1.807, 2.05) is 6.92 Å². The van der Waals surface area contributed by atoms with Crippen molar-refractivity contribution in [3.63, 3.8) is 0 Å². The van der Waals surface area contributed by atoms with Crippen LogP contribution < -0.4 is 28.4 Å². The predicted molar refractivity (Wildman–Crippen MR) is 336 cm³/mol. The summed E-state index contributed by atoms with van der Waals surface area (Å²) in [7, 11) is 5.86. The molecule has 24 heteroatoms. The molecule has 0 radical (unpaired) electrons. The zero-order valence-corrected chi connectivity index (χ0v) is 53.8. The minimum atomic E-state index is -1.83. The van der Waals surface area contributed by atoms with Gasteiger partial charge in [-0.05, 0) is 150 Å². The van der Waals surface area contributed by atoms with Gasteiger partial charge in [-0.15, -0.1) is 0 Å². The van der Waals surface area contributed by atoms with Crippen LogP contribution in [0.25, 0.3) is 22.5 Å². The van der Waals surface area contributed by atoms with Crippen LogP contribution in [0.1, 0.15) is 111 Å². The molecular weight excluding hydrogens is 1220 g/mol. The number of ether oxygens (including phenoxy) is 7. The zero-order chi connectivity index (χ0) is 66.2. The van der Waals surface area contributed by atoms with Crippen LogP contribution >= 0.6 is 23.2 Å². The van der Waals surface area contributed by atoms with E-state index in [4.69, 9.17) is 71.4 Å². The molecule has 8 rings (SSSR count). The second-order valence-electron chi connectivity index (χ2n) is 22.8. The molecule has 2 aliphatic heterocycles. The Hall–Kier alpha value is -8.15. The fraction of sp³-hybridized carbons (Fsp3) is 0.418. The Bertz CT molecular complexity index is 3570. The number of carbonyl (C=O) groups excluding carboxylic acids is 5. The van der Waals surface area contributed by atoms with E-state index in [0.717, 1.165) is 19.3 Å². The van der Waals surface area contributed by atoms with Crippen LogP contribution in [-0.4, -0.2) is 163 Å². The van der Waals surface area contributed by atoms with Gasteiger partial charge in [-0.1, -0.05) is 30.1 Å². The van der Waals surface area contributed by atoms with Crippen molar-refractivity contribution >= 4 is 52.7 Å². The Morgan fingerprint density at radius 1 is 0.582 bits per heavy atom. The van der Waals surface area contributed by atoms with Crippen molar-refractivity contribution in [3.05, 3.63) is 141 Å². The van der Waals surface area contributed by atoms with Crippen LogP contribution in [0.3, 0.4) is 0 Å². The summed E-state index contributed by atoms with van der Waals surface area (Å²) in [6.07, 6.45) is 1.82. The van der Waals surface area contributed by atoms with Crippen molar-refractivity contribution in [2.45, 2.75) is 95.9 Å². The Morgan fingerprint density at radius 3 is 1.46 bits per heavy atom. The molecule has 3 amide bonds. The Labute approximate surface area is 537 Å². The quantitative estimate of drug-likeness (QED) is 0.0427. The molecule has 0 bridgehead atoms. The number of carbonyl (C=O) groups is 5. The molecule has 6 aromatic rings. The number of aliphatic hydroxyl groups is 3. The average Bonchev–Trinajstić information content (AvgIpc) is 0.861. The van der Waals surface area contributed by atoms with Crippen LogP contribution in [0.4, 0.5) is 13.6 Å². The number of aromatic nitrogens is 2. The third-order valence-electron chi connectivity index (χ3n) is 15.1. The maximum atomic E-state index is 14.0. The van der Waals surface area contributed by atoms with E-state index in [1.165, 1.54) is 74.6 Å². The number of hydrogen-bond donors (Lipinski definition) is 3. The maximum absolute atomic E-state index is 14.0. The first-order valence-electron chi connectivity index (χ1n) is 29.7. The fourth-order valence-electron chi connectivity index (χ4n) is 10.3. The van der Waals surface area contributed by atoms with Crippen LogP contribution in [-0.2, 0) is 25.5 Å². The number of Topliss-reactive ketones (excluding diaryl/α,β-unsaturated/α-hetero) is 2. The summed E-state index contributed by atoms with van der Waals surface area (Å²) in [6.45, 7) is 7.85. The number of likely N-dealkylation sites (tertiary alicyclic amines) is 1. The number of ketones is 2. The Balaban J connectivity index is 0.000000261. The molecule has 0 saturated carbocycles. The van der Waals surface area contributed by atoms with E-state index >= 15 is 0 Å². The van der Waals surface area contributed by atoms with Crippen LogP contribution in [0.2, 0.25) is 10.0 Å². The van der Waals surface area contributed by atoms with Gasteiger partial charge in [0.2, 0.25) is 11.8 Å². The first-order chi connectivity index (χ1) is 43.4. The lowest BCUT2D eigenvalue weighted by atomic mass is 9.89. The SMILES string of the molecule is CCCOc1ccc(C(=O)CCC(O)(CN2CCN(C(=O)OC(C)(C)C)CC2=O)c2ccc(OC)c(-c3ccc(F)c(Cl)c3)n2)cc1OC.COc1cc(C(=O)CCC(O)(CN2CCCCC2=O)c2ccc(OC)c(-c3ccc(F)c(Cl)c3)n2)ccc1OCCO. The molecule has 3 N–H and O–H groups in total. The van der Waals surface area contributed by atoms with Crippen molar-refractivity contribution in [3.8, 4) is 57.0 Å². The summed E-state index contributed by atoms with van der Waals surface area (Å²) in [4.78, 5) is 79.4. The van der Waals surface area contributed by atoms with Gasteiger partial charge in [0, 0.05) is 61.2 Å². The van der Waals surface area contributed by atoms with Gasteiger partial charge in [-0.3, -0.25) is 24.1 Å². The molecule has 2 atom stereocenters. The third kappa shape index (κ3) is 18.3. The van der Waals surface area contributed by atoms with Gasteiger partial charge >= 0.3 is 6.09 Å². The molecule has 2 aliphatic rings. The van der Waals surface area contributed by atoms with Crippen LogP contribution in [0.5, 0.6) is 34.5 Å². The molecule has 0 spiro atoms. The van der Waals surface area contributed by atoms with E-state index < -0.39 is 40.4 Å². The highest BCUT2D eigenvalue weighted by Crippen LogP contribution is 2.39. The maximum Gasteiger partial charge on any atom is 0.410 e. The van der Waals surface area contributed by atoms with Crippen molar-refractivity contribution in [1.82, 2.24) is 24.7 Å². The summed E-state index contributed by atoms with van der Waals surface area (Å²) in [5, 5.41) is 33.3. The summed E-state index contributed by atoms with van der Waals surface area (Å²) in [5.74, 6) is 0.139. The number of pyridine rings is 2. The Morgan fingerprint density at radius 2 is 1.04 bits per heavy atom. The molecule has 2 aromatic heterocycles. The number of piperazine rings is 1. The topological polar surface area (TPSA) is 246 Å². The van der Waals surface area contributed by atoms with Crippen molar-refractivity contribution < 1.29 is 81.2 Å². The number of β-amino-alcohol motifs (C(OH)–C–C–N with tert-alkyl or cyclic N) is 2. The van der Waals surface area contributed by atoms with Gasteiger partial charge < -0.3 is 58.3 Å². The molecule has 2 saturated heterocycles. The Kier molecular flexibility index (Phi) is 24.5. The first kappa shape index (κ1) is 70.3. The monoisotopic (exact) mass is 1300 g/mol. The number of nitrogens with zero attached hydrogens (tertiary/aromatic N) is 5. The zero-order valence-electron chi connectivity index (χ0n) is 52.2. The van der Waals surface area contributed by atoms with E-state index in [2.05, 4.69) is 0 Å². The van der Waals surface area contributed by atoms with Crippen LogP contribution in [0.15, 0.2) is 97.1 Å². The lowest BCUT2D eigenvalue weighted by Crippen LogP contribution is -2.56. The highest BCUT2D eigenvalue weighted by atomic mass is 35.5. The van der Waals surface area contributed by atoms with Crippen LogP contribution in [0, 0.1) is 11.6 Å². The first-order valence-corrected chi connectivity index (χ1v) is 30.4. The summed E-state index contributed by atoms with van der Waals surface area (Å²) in [6, 6.07) is 24.2. The number of hydrogen-bond acceptors (Lipinski definition) is 17. The number of halogens is 4. The van der Waals surface area contributed by atoms with E-state index in [9.17, 15) is 43.0 Å². The summed E-state index contributed by atoms with van der Waals surface area (Å²) < 4.78 is 66.3. The fourth-order valence-corrected chi connectivity index (χ4v) is 10.6. The minimum absolute atomic E-state index is 0.0381. The normalized spacial score (nSPS) is 14.7. The summed E-state index contributed by atoms with van der Waals surface area (Å²) >= 11 is 12.1. The number of amides is 3. The van der Waals surface area contributed by atoms with E-state index in [-0.39, 0.29) is 116 Å². The van der Waals surface area contributed by atoms with Crippen molar-refractivity contribution in [2.24, 2.45) is 0 Å². The molecule has 4 aromatic carbocycles. The minimum Gasteiger partial charge on any atom is -0.494 e. The molecule has 20 nitrogen and oxygen atoms in total. The molecule has 0 aliphatic carbocycles. The number of aliphatic hydroxyl groups excluding tert-OH is 1. The second-order valence-corrected chi connectivity index (χ2v) is 23.6. The number of piperidine rings is 1. The molecule has 2 fully saturated rings. The molecule has 488 valence electrons. The van der Waals surface area contributed by atoms with Crippen molar-refractivity contribution in [2.75, 3.05) is 87.5 Å². The third-order valence-corrected chi connectivity index (χ3v) is 15.7. The summed E-state index contributed by atoms with van der Waals surface area (Å²) in [5.41, 5.74) is -1.65. The highest BCUT2D eigenvalue weighted by Gasteiger charge is 2.40. The van der Waals surface area contributed by atoms with Gasteiger partial charge in [0.05, 0.1) is 76.2 Å². The second kappa shape index (κ2) is 31.7. The lowest BCUT2D eigenvalue weighted by Gasteiger charge is -2.39. The molecule has 4 heterocycles. The van der Waals surface area contributed by atoms with Gasteiger partial charge in [0.25, 0.3) is 0 Å². The molecule has 2 unspecified atom stereocenters. The van der Waals surface area contributed by atoms with Gasteiger partial charge in [0.15, 0.2) is 34.6 Å². The standard InChI is InChI=1S/C36H43ClFN3O8.C31H34ClFN2O7/c1-7-18-48-28-11-9-23(20-30(28)47-6)27(42)14-15-36(45,22-41-17-16-40(21-32(41)43)34(44)49-35(2,3)4)31-13-12-29(46-5)33(39-31)24-8-10-26(38)25(37)19-24;1-40-26-10-11-28(34-30(26)21-6-8-23(33)22(32)17-21)31(39,19-35-14-4-3-5-29(35)38)13-12-24(37)20-7-9-25(42-16-15-36)27(18-20)41-2/h8-13,19-20,45H,7,14-18,21-22H2,1-6H3;6-11,17-18,36,39H,3-5,12-16,19H2,1-2H3. The van der Waals surface area contributed by atoms with Gasteiger partial charge in [-0.25, -0.2) is 23.5 Å². The largest absolute Gasteiger partial charge is 0.494 e. The van der Waals surface area contributed by atoms with Gasteiger partial charge in [-0.2, -0.15) is 0 Å². The number of rotatable bonds is 26. The lowest BCUT2D eigenvalue weighted by molar-refractivity contribution is -0.140. The smallest absolute Gasteiger partial charge is 0.410 e. The van der Waals surface area contributed by atoms with E-state index in [1.54, 1.807) is 86.3 Å².